The van der Waals surface area contributed by atoms with Crippen LogP contribution >= 0.6 is 0 Å². The number of nitrogens with two attached hydrogens (primary N) is 1. The van der Waals surface area contributed by atoms with Gasteiger partial charge in [0.05, 0.1) is 5.69 Å². The molecular weight excluding hydrogens is 715 g/mol. The molecular formula is C56H51N3. The molecule has 0 fully saturated rings. The van der Waals surface area contributed by atoms with Crippen molar-refractivity contribution in [3.63, 3.8) is 0 Å². The van der Waals surface area contributed by atoms with E-state index in [1.807, 2.05) is 12.1 Å². The van der Waals surface area contributed by atoms with Crippen LogP contribution in [0.5, 0.6) is 0 Å². The summed E-state index contributed by atoms with van der Waals surface area (Å²) in [6.07, 6.45) is 0. The maximum absolute atomic E-state index is 6.25. The Bertz CT molecular complexity index is 2990. The van der Waals surface area contributed by atoms with Crippen LogP contribution in [-0.4, -0.2) is 0 Å². The average Bonchev–Trinajstić information content (AvgIpc) is 3.58. The van der Waals surface area contributed by atoms with Crippen molar-refractivity contribution in [1.29, 1.82) is 0 Å². The first kappa shape index (κ1) is 36.7. The van der Waals surface area contributed by atoms with Gasteiger partial charge >= 0.3 is 0 Å². The molecule has 8 aromatic rings. The lowest BCUT2D eigenvalue weighted by atomic mass is 9.79. The fourth-order valence-corrected chi connectivity index (χ4v) is 10.2. The molecule has 2 N–H and O–H groups in total. The molecule has 0 radical (unpaired) electrons. The summed E-state index contributed by atoms with van der Waals surface area (Å²) in [5, 5.41) is 2.51. The van der Waals surface area contributed by atoms with Gasteiger partial charge in [0.15, 0.2) is 0 Å². The van der Waals surface area contributed by atoms with E-state index in [9.17, 15) is 0 Å². The van der Waals surface area contributed by atoms with E-state index in [0.717, 1.165) is 17.1 Å². The highest BCUT2D eigenvalue weighted by Gasteiger charge is 2.43. The number of nitrogens with zero attached hydrogens (tertiary/aromatic N) is 2. The predicted octanol–water partition coefficient (Wildman–Crippen LogP) is 15.2. The monoisotopic (exact) mass is 765 g/mol. The largest absolute Gasteiger partial charge is 0.399 e. The van der Waals surface area contributed by atoms with E-state index in [4.69, 9.17) is 5.73 Å². The van der Waals surface area contributed by atoms with Crippen molar-refractivity contribution in [2.45, 2.75) is 66.2 Å². The lowest BCUT2D eigenvalue weighted by Crippen LogP contribution is -2.18. The third-order valence-electron chi connectivity index (χ3n) is 13.3. The van der Waals surface area contributed by atoms with E-state index in [0.29, 0.717) is 0 Å². The summed E-state index contributed by atoms with van der Waals surface area (Å²) < 4.78 is 0. The van der Waals surface area contributed by atoms with Crippen molar-refractivity contribution in [1.82, 2.24) is 0 Å². The fraction of sp³-hybridized carbons (Fsp3) is 0.179. The number of hydrogen-bond acceptors (Lipinski definition) is 3. The van der Waals surface area contributed by atoms with Gasteiger partial charge in [-0.25, -0.2) is 0 Å². The van der Waals surface area contributed by atoms with Crippen LogP contribution in [-0.2, 0) is 10.8 Å². The van der Waals surface area contributed by atoms with Gasteiger partial charge in [-0.1, -0.05) is 112 Å². The number of benzene rings is 8. The van der Waals surface area contributed by atoms with Crippen LogP contribution in [0.4, 0.5) is 39.8 Å². The SMILES string of the molecule is Cc1ccc(N(c2ccccc2)c2ccc3c(c2)C(C)(C)c2cc4c(cc2-3)C(C)(C)c2cc(N(c3ccc(N)cc3)c3ccc(C)cc3C)c3ccccc3c2-4)c(C)c1. The molecule has 8 aromatic carbocycles. The molecule has 0 saturated heterocycles. The molecule has 0 atom stereocenters. The van der Waals surface area contributed by atoms with Crippen molar-refractivity contribution in [3.8, 4) is 22.3 Å². The molecule has 10 rings (SSSR count). The minimum atomic E-state index is -0.243. The quantitative estimate of drug-likeness (QED) is 0.171. The summed E-state index contributed by atoms with van der Waals surface area (Å²) >= 11 is 0. The van der Waals surface area contributed by atoms with Gasteiger partial charge < -0.3 is 15.5 Å². The summed E-state index contributed by atoms with van der Waals surface area (Å²) in [6.45, 7) is 18.4. The lowest BCUT2D eigenvalue weighted by Gasteiger charge is -2.31. The van der Waals surface area contributed by atoms with Gasteiger partial charge in [0, 0.05) is 50.3 Å². The van der Waals surface area contributed by atoms with Crippen molar-refractivity contribution < 1.29 is 0 Å². The fourth-order valence-electron chi connectivity index (χ4n) is 10.2. The zero-order valence-corrected chi connectivity index (χ0v) is 35.4. The van der Waals surface area contributed by atoms with E-state index in [1.54, 1.807) is 0 Å². The van der Waals surface area contributed by atoms with Crippen LogP contribution in [0.3, 0.4) is 0 Å². The van der Waals surface area contributed by atoms with Gasteiger partial charge in [0.25, 0.3) is 0 Å². The van der Waals surface area contributed by atoms with Crippen molar-refractivity contribution in [3.05, 3.63) is 196 Å². The van der Waals surface area contributed by atoms with Gasteiger partial charge in [0.2, 0.25) is 0 Å². The highest BCUT2D eigenvalue weighted by atomic mass is 15.2. The smallest absolute Gasteiger partial charge is 0.0543 e. The molecule has 0 heterocycles. The number of rotatable bonds is 6. The Morgan fingerprint density at radius 2 is 0.915 bits per heavy atom. The highest BCUT2D eigenvalue weighted by molar-refractivity contribution is 6.10. The minimum Gasteiger partial charge on any atom is -0.399 e. The van der Waals surface area contributed by atoms with Crippen LogP contribution in [0.2, 0.25) is 0 Å². The van der Waals surface area contributed by atoms with Crippen molar-refractivity contribution in [2.75, 3.05) is 15.5 Å². The standard InChI is InChI=1S/C56H51N3/c1-34-18-26-51(36(3)28-34)58(39-14-10-9-11-15-39)41-24-25-42-45-31-49-46(32-48(45)55(5,6)47(42)30-41)54-44-17-13-12-16-43(44)53(33-50(54)56(49,7)8)59(40-22-20-38(57)21-23-40)52-27-19-35(2)29-37(52)4/h9-33H,57H2,1-8H3. The topological polar surface area (TPSA) is 32.5 Å². The first-order chi connectivity index (χ1) is 28.3. The minimum absolute atomic E-state index is 0.210. The number of para-hydroxylation sites is 1. The second kappa shape index (κ2) is 13.2. The summed E-state index contributed by atoms with van der Waals surface area (Å²) in [5.41, 5.74) is 29.4. The van der Waals surface area contributed by atoms with Gasteiger partial charge in [-0.15, -0.1) is 0 Å². The number of nitrogen functional groups attached to an aromatic ring is 1. The molecule has 0 spiro atoms. The van der Waals surface area contributed by atoms with E-state index < -0.39 is 0 Å². The van der Waals surface area contributed by atoms with E-state index in [2.05, 4.69) is 205 Å². The normalized spacial score (nSPS) is 14.1. The summed E-state index contributed by atoms with van der Waals surface area (Å²) in [4.78, 5) is 4.85. The number of aryl methyl sites for hydroxylation is 4. The molecule has 290 valence electrons. The average molecular weight is 766 g/mol. The third kappa shape index (κ3) is 5.62. The summed E-state index contributed by atoms with van der Waals surface area (Å²) in [5.74, 6) is 0. The van der Waals surface area contributed by atoms with Crippen LogP contribution in [0, 0.1) is 27.7 Å². The number of hydrogen-bond donors (Lipinski definition) is 1. The molecule has 3 nitrogen and oxygen atoms in total. The molecule has 0 aliphatic heterocycles. The van der Waals surface area contributed by atoms with E-state index in [1.165, 1.54) is 100 Å². The molecule has 2 aliphatic rings. The Balaban J connectivity index is 1.15. The highest BCUT2D eigenvalue weighted by Crippen LogP contribution is 2.59. The lowest BCUT2D eigenvalue weighted by molar-refractivity contribution is 0.652. The van der Waals surface area contributed by atoms with Gasteiger partial charge in [-0.3, -0.25) is 0 Å². The molecule has 2 aliphatic carbocycles. The maximum atomic E-state index is 6.25. The van der Waals surface area contributed by atoms with Gasteiger partial charge in [-0.2, -0.15) is 0 Å². The molecule has 59 heavy (non-hydrogen) atoms. The van der Waals surface area contributed by atoms with Crippen molar-refractivity contribution >= 4 is 50.6 Å². The van der Waals surface area contributed by atoms with Crippen LogP contribution in [0.1, 0.15) is 72.2 Å². The summed E-state index contributed by atoms with van der Waals surface area (Å²) in [7, 11) is 0. The molecule has 3 heteroatoms. The Hall–Kier alpha value is -6.58. The number of anilines is 7. The second-order valence-electron chi connectivity index (χ2n) is 18.0. The molecule has 0 unspecified atom stereocenters. The Morgan fingerprint density at radius 1 is 0.390 bits per heavy atom. The maximum Gasteiger partial charge on any atom is 0.0543 e. The van der Waals surface area contributed by atoms with E-state index >= 15 is 0 Å². The van der Waals surface area contributed by atoms with Gasteiger partial charge in [0.1, 0.15) is 0 Å². The molecule has 0 saturated carbocycles. The Morgan fingerprint density at radius 3 is 1.58 bits per heavy atom. The van der Waals surface area contributed by atoms with Crippen molar-refractivity contribution in [2.24, 2.45) is 0 Å². The molecule has 0 bridgehead atoms. The molecule has 0 amide bonds. The van der Waals surface area contributed by atoms with Crippen LogP contribution in [0.25, 0.3) is 33.0 Å². The van der Waals surface area contributed by atoms with Gasteiger partial charge in [-0.05, 0) is 168 Å². The first-order valence-corrected chi connectivity index (χ1v) is 20.9. The van der Waals surface area contributed by atoms with Crippen LogP contribution < -0.4 is 15.5 Å². The number of fused-ring (bicyclic) bond motifs is 8. The first-order valence-electron chi connectivity index (χ1n) is 20.9. The zero-order chi connectivity index (χ0) is 41.0. The third-order valence-corrected chi connectivity index (χ3v) is 13.3. The zero-order valence-electron chi connectivity index (χ0n) is 35.4. The second-order valence-corrected chi connectivity index (χ2v) is 18.0. The van der Waals surface area contributed by atoms with E-state index in [-0.39, 0.29) is 10.8 Å². The van der Waals surface area contributed by atoms with Crippen LogP contribution in [0.15, 0.2) is 152 Å². The molecule has 0 aromatic heterocycles. The predicted molar refractivity (Wildman–Crippen MR) is 252 cm³/mol. The Labute approximate surface area is 349 Å². The summed E-state index contributed by atoms with van der Waals surface area (Å²) in [6, 6.07) is 56.3. The Kier molecular flexibility index (Phi) is 8.24.